The molecule has 2 aliphatic rings. The molecule has 1 saturated heterocycles. The second-order valence-electron chi connectivity index (χ2n) is 4.59. The SMILES string of the molecule is O=C(N[C@H]1CCS(=O)(=O)C1)[C@@H]1CC=CCC1. The van der Waals surface area contributed by atoms with Crippen molar-refractivity contribution in [3.8, 4) is 0 Å². The predicted molar refractivity (Wildman–Crippen MR) is 61.7 cm³/mol. The van der Waals surface area contributed by atoms with Crippen LogP contribution in [-0.4, -0.2) is 31.9 Å². The molecule has 1 heterocycles. The van der Waals surface area contributed by atoms with Crippen molar-refractivity contribution in [2.24, 2.45) is 5.92 Å². The number of allylic oxidation sites excluding steroid dienone is 2. The van der Waals surface area contributed by atoms with Crippen molar-refractivity contribution in [1.29, 1.82) is 0 Å². The number of amides is 1. The molecule has 16 heavy (non-hydrogen) atoms. The third kappa shape index (κ3) is 2.84. The molecule has 1 N–H and O–H groups in total. The van der Waals surface area contributed by atoms with E-state index in [4.69, 9.17) is 0 Å². The highest BCUT2D eigenvalue weighted by Gasteiger charge is 2.30. The Morgan fingerprint density at radius 2 is 2.06 bits per heavy atom. The molecule has 0 aromatic rings. The molecule has 0 bridgehead atoms. The molecule has 0 aromatic carbocycles. The summed E-state index contributed by atoms with van der Waals surface area (Å²) in [4.78, 5) is 11.8. The summed E-state index contributed by atoms with van der Waals surface area (Å²) in [5.41, 5.74) is 0. The molecule has 1 aliphatic carbocycles. The van der Waals surface area contributed by atoms with Crippen LogP contribution >= 0.6 is 0 Å². The number of rotatable bonds is 2. The Morgan fingerprint density at radius 3 is 2.62 bits per heavy atom. The Morgan fingerprint density at radius 1 is 1.25 bits per heavy atom. The fourth-order valence-electron chi connectivity index (χ4n) is 2.26. The fraction of sp³-hybridized carbons (Fsp3) is 0.727. The summed E-state index contributed by atoms with van der Waals surface area (Å²) in [6, 6.07) is -0.164. The molecule has 0 spiro atoms. The van der Waals surface area contributed by atoms with E-state index >= 15 is 0 Å². The zero-order chi connectivity index (χ0) is 11.6. The van der Waals surface area contributed by atoms with E-state index in [2.05, 4.69) is 11.4 Å². The molecule has 1 amide bonds. The Hall–Kier alpha value is -0.840. The van der Waals surface area contributed by atoms with Crippen LogP contribution in [0.5, 0.6) is 0 Å². The van der Waals surface area contributed by atoms with Crippen LogP contribution in [-0.2, 0) is 14.6 Å². The molecule has 1 fully saturated rings. The first kappa shape index (κ1) is 11.6. The monoisotopic (exact) mass is 243 g/mol. The molecule has 0 radical (unpaired) electrons. The molecule has 0 saturated carbocycles. The lowest BCUT2D eigenvalue weighted by Gasteiger charge is -2.19. The average Bonchev–Trinajstić information content (AvgIpc) is 2.59. The first-order valence-electron chi connectivity index (χ1n) is 5.72. The minimum atomic E-state index is -2.90. The fourth-order valence-corrected chi connectivity index (χ4v) is 3.93. The number of sulfone groups is 1. The smallest absolute Gasteiger partial charge is 0.223 e. The van der Waals surface area contributed by atoms with Gasteiger partial charge in [-0.1, -0.05) is 12.2 Å². The van der Waals surface area contributed by atoms with Gasteiger partial charge in [0.1, 0.15) is 0 Å². The number of nitrogens with one attached hydrogen (secondary N) is 1. The molecule has 5 heteroatoms. The van der Waals surface area contributed by atoms with E-state index < -0.39 is 9.84 Å². The summed E-state index contributed by atoms with van der Waals surface area (Å²) in [6.45, 7) is 0. The van der Waals surface area contributed by atoms with Crippen molar-refractivity contribution < 1.29 is 13.2 Å². The van der Waals surface area contributed by atoms with Crippen molar-refractivity contribution >= 4 is 15.7 Å². The van der Waals surface area contributed by atoms with Crippen LogP contribution in [0.3, 0.4) is 0 Å². The molecular formula is C11H17NO3S. The van der Waals surface area contributed by atoms with E-state index in [9.17, 15) is 13.2 Å². The zero-order valence-electron chi connectivity index (χ0n) is 9.19. The van der Waals surface area contributed by atoms with Gasteiger partial charge in [-0.3, -0.25) is 4.79 Å². The van der Waals surface area contributed by atoms with Gasteiger partial charge in [-0.25, -0.2) is 8.42 Å². The van der Waals surface area contributed by atoms with Crippen LogP contribution < -0.4 is 5.32 Å². The minimum absolute atomic E-state index is 0.0199. The van der Waals surface area contributed by atoms with Gasteiger partial charge in [0.15, 0.2) is 9.84 Å². The minimum Gasteiger partial charge on any atom is -0.352 e. The van der Waals surface area contributed by atoms with Crippen LogP contribution in [0.25, 0.3) is 0 Å². The zero-order valence-corrected chi connectivity index (χ0v) is 10.0. The largest absolute Gasteiger partial charge is 0.352 e. The molecule has 1 aliphatic heterocycles. The average molecular weight is 243 g/mol. The number of carbonyl (C=O) groups is 1. The lowest BCUT2D eigenvalue weighted by molar-refractivity contribution is -0.125. The molecule has 4 nitrogen and oxygen atoms in total. The van der Waals surface area contributed by atoms with E-state index in [1.807, 2.05) is 6.08 Å². The Bertz CT molecular complexity index is 399. The third-order valence-electron chi connectivity index (χ3n) is 3.22. The van der Waals surface area contributed by atoms with Gasteiger partial charge >= 0.3 is 0 Å². The highest BCUT2D eigenvalue weighted by molar-refractivity contribution is 7.91. The van der Waals surface area contributed by atoms with E-state index in [0.717, 1.165) is 19.3 Å². The molecule has 0 unspecified atom stereocenters. The standard InChI is InChI=1S/C11H17NO3S/c13-11(9-4-2-1-3-5-9)12-10-6-7-16(14,15)8-10/h1-2,9-10H,3-8H2,(H,12,13)/t9-,10+/m1/s1. The van der Waals surface area contributed by atoms with E-state index in [0.29, 0.717) is 6.42 Å². The van der Waals surface area contributed by atoms with Crippen molar-refractivity contribution in [1.82, 2.24) is 5.32 Å². The maximum Gasteiger partial charge on any atom is 0.223 e. The lowest BCUT2D eigenvalue weighted by atomic mass is 9.93. The van der Waals surface area contributed by atoms with Crippen LogP contribution in [0.4, 0.5) is 0 Å². The molecular weight excluding hydrogens is 226 g/mol. The molecule has 90 valence electrons. The van der Waals surface area contributed by atoms with Gasteiger partial charge in [-0.15, -0.1) is 0 Å². The van der Waals surface area contributed by atoms with Gasteiger partial charge < -0.3 is 5.32 Å². The topological polar surface area (TPSA) is 63.2 Å². The number of hydrogen-bond acceptors (Lipinski definition) is 3. The second-order valence-corrected chi connectivity index (χ2v) is 6.82. The summed E-state index contributed by atoms with van der Waals surface area (Å²) in [5, 5.41) is 2.85. The van der Waals surface area contributed by atoms with E-state index in [-0.39, 0.29) is 29.4 Å². The van der Waals surface area contributed by atoms with Gasteiger partial charge in [-0.2, -0.15) is 0 Å². The van der Waals surface area contributed by atoms with Crippen LogP contribution in [0.15, 0.2) is 12.2 Å². The summed E-state index contributed by atoms with van der Waals surface area (Å²) in [7, 11) is -2.90. The van der Waals surface area contributed by atoms with Crippen LogP contribution in [0.2, 0.25) is 0 Å². The summed E-state index contributed by atoms with van der Waals surface area (Å²) >= 11 is 0. The van der Waals surface area contributed by atoms with E-state index in [1.165, 1.54) is 0 Å². The van der Waals surface area contributed by atoms with Gasteiger partial charge in [-0.05, 0) is 25.7 Å². The summed E-state index contributed by atoms with van der Waals surface area (Å²) in [6.07, 6.45) is 7.29. The molecule has 2 rings (SSSR count). The number of carbonyl (C=O) groups excluding carboxylic acids is 1. The van der Waals surface area contributed by atoms with Crippen molar-refractivity contribution in [2.45, 2.75) is 31.7 Å². The highest BCUT2D eigenvalue weighted by atomic mass is 32.2. The Kier molecular flexibility index (Phi) is 3.33. The normalized spacial score (nSPS) is 32.5. The summed E-state index contributed by atoms with van der Waals surface area (Å²) < 4.78 is 22.5. The maximum absolute atomic E-state index is 11.8. The first-order chi connectivity index (χ1) is 7.57. The van der Waals surface area contributed by atoms with Gasteiger partial charge in [0.2, 0.25) is 5.91 Å². The van der Waals surface area contributed by atoms with Gasteiger partial charge in [0, 0.05) is 12.0 Å². The van der Waals surface area contributed by atoms with Crippen LogP contribution in [0, 0.1) is 5.92 Å². The quantitative estimate of drug-likeness (QED) is 0.724. The molecule has 0 aromatic heterocycles. The highest BCUT2D eigenvalue weighted by Crippen LogP contribution is 2.19. The Balaban J connectivity index is 1.86. The maximum atomic E-state index is 11.8. The van der Waals surface area contributed by atoms with Crippen molar-refractivity contribution in [3.05, 3.63) is 12.2 Å². The van der Waals surface area contributed by atoms with Crippen molar-refractivity contribution in [2.75, 3.05) is 11.5 Å². The second kappa shape index (κ2) is 4.57. The van der Waals surface area contributed by atoms with Crippen LogP contribution in [0.1, 0.15) is 25.7 Å². The lowest BCUT2D eigenvalue weighted by Crippen LogP contribution is -2.39. The third-order valence-corrected chi connectivity index (χ3v) is 4.99. The Labute approximate surface area is 96.0 Å². The molecule has 2 atom stereocenters. The first-order valence-corrected chi connectivity index (χ1v) is 7.55. The number of hydrogen-bond donors (Lipinski definition) is 1. The van der Waals surface area contributed by atoms with Gasteiger partial charge in [0.25, 0.3) is 0 Å². The summed E-state index contributed by atoms with van der Waals surface area (Å²) in [5.74, 6) is 0.379. The predicted octanol–water partition coefficient (Wildman–Crippen LogP) is 0.646. The van der Waals surface area contributed by atoms with E-state index in [1.54, 1.807) is 0 Å². The van der Waals surface area contributed by atoms with Crippen molar-refractivity contribution in [3.63, 3.8) is 0 Å². The van der Waals surface area contributed by atoms with Gasteiger partial charge in [0.05, 0.1) is 11.5 Å².